The van der Waals surface area contributed by atoms with E-state index in [1.54, 1.807) is 0 Å². The van der Waals surface area contributed by atoms with Crippen molar-refractivity contribution in [2.45, 2.75) is 39.3 Å². The second-order valence-corrected chi connectivity index (χ2v) is 4.69. The van der Waals surface area contributed by atoms with Gasteiger partial charge in [0.1, 0.15) is 0 Å². The summed E-state index contributed by atoms with van der Waals surface area (Å²) in [6.45, 7) is 6.14. The van der Waals surface area contributed by atoms with Crippen LogP contribution in [0.3, 0.4) is 0 Å². The number of hydrogen-bond donors (Lipinski definition) is 1. The van der Waals surface area contributed by atoms with Crippen molar-refractivity contribution in [1.82, 2.24) is 20.1 Å². The van der Waals surface area contributed by atoms with Crippen LogP contribution in [0.25, 0.3) is 0 Å². The molecule has 2 rings (SSSR count). The Morgan fingerprint density at radius 1 is 1.26 bits per heavy atom. The predicted octanol–water partition coefficient (Wildman–Crippen LogP) is 2.06. The third-order valence-electron chi connectivity index (χ3n) is 3.17. The largest absolute Gasteiger partial charge is 0.314 e. The Balaban J connectivity index is 1.99. The highest BCUT2D eigenvalue weighted by molar-refractivity contribution is 5.10. The van der Waals surface area contributed by atoms with Crippen LogP contribution in [-0.4, -0.2) is 27.4 Å². The number of nitrogens with one attached hydrogen (secondary N) is 1. The number of nitrogens with zero attached hydrogens (tertiary/aromatic N) is 3. The zero-order valence-electron chi connectivity index (χ0n) is 11.7. The molecule has 0 aromatic carbocycles. The molecule has 4 nitrogen and oxygen atoms in total. The molecule has 1 atom stereocenters. The maximum Gasteiger partial charge on any atom is 0.0522 e. The summed E-state index contributed by atoms with van der Waals surface area (Å²) in [7, 11) is 0. The van der Waals surface area contributed by atoms with Crippen molar-refractivity contribution in [1.29, 1.82) is 0 Å². The lowest BCUT2D eigenvalue weighted by Gasteiger charge is -2.16. The van der Waals surface area contributed by atoms with Gasteiger partial charge in [0.2, 0.25) is 0 Å². The summed E-state index contributed by atoms with van der Waals surface area (Å²) in [6.07, 6.45) is 7.89. The standard InChI is InChI=1S/C15H22N4/c1-3-16-15(10-14-7-5-6-8-17-14)9-13-11-18-19(4-2)12-13/h5-8,11-12,15-16H,3-4,9-10H2,1-2H3. The number of pyridine rings is 1. The summed E-state index contributed by atoms with van der Waals surface area (Å²) in [5.74, 6) is 0. The summed E-state index contributed by atoms with van der Waals surface area (Å²) in [6, 6.07) is 6.49. The van der Waals surface area contributed by atoms with Crippen molar-refractivity contribution in [2.24, 2.45) is 0 Å². The van der Waals surface area contributed by atoms with E-state index in [2.05, 4.69) is 41.5 Å². The van der Waals surface area contributed by atoms with Crippen molar-refractivity contribution >= 4 is 0 Å². The molecule has 2 heterocycles. The Morgan fingerprint density at radius 3 is 2.79 bits per heavy atom. The average molecular weight is 258 g/mol. The van der Waals surface area contributed by atoms with Gasteiger partial charge in [-0.3, -0.25) is 9.67 Å². The number of aromatic nitrogens is 3. The summed E-state index contributed by atoms with van der Waals surface area (Å²) in [4.78, 5) is 4.40. The highest BCUT2D eigenvalue weighted by atomic mass is 15.3. The average Bonchev–Trinajstić information content (AvgIpc) is 2.88. The molecule has 2 aromatic heterocycles. The molecule has 0 radical (unpaired) electrons. The van der Waals surface area contributed by atoms with Gasteiger partial charge in [0.05, 0.1) is 6.20 Å². The van der Waals surface area contributed by atoms with Gasteiger partial charge in [0.25, 0.3) is 0 Å². The van der Waals surface area contributed by atoms with E-state index >= 15 is 0 Å². The van der Waals surface area contributed by atoms with Crippen LogP contribution in [0.4, 0.5) is 0 Å². The highest BCUT2D eigenvalue weighted by Crippen LogP contribution is 2.07. The van der Waals surface area contributed by atoms with Crippen LogP contribution in [0.2, 0.25) is 0 Å². The first-order valence-electron chi connectivity index (χ1n) is 6.96. The Kier molecular flexibility index (Phi) is 5.10. The topological polar surface area (TPSA) is 42.7 Å². The SMILES string of the molecule is CCNC(Cc1cnn(CC)c1)Cc1ccccn1. The molecule has 0 bridgehead atoms. The maximum atomic E-state index is 4.40. The van der Waals surface area contributed by atoms with Gasteiger partial charge in [-0.05, 0) is 37.6 Å². The molecule has 0 saturated carbocycles. The molecule has 0 amide bonds. The minimum atomic E-state index is 0.411. The minimum Gasteiger partial charge on any atom is -0.314 e. The summed E-state index contributed by atoms with van der Waals surface area (Å²) in [5.41, 5.74) is 2.42. The molecule has 0 spiro atoms. The molecule has 1 N–H and O–H groups in total. The quantitative estimate of drug-likeness (QED) is 0.826. The van der Waals surface area contributed by atoms with E-state index < -0.39 is 0 Å². The van der Waals surface area contributed by atoms with Crippen LogP contribution >= 0.6 is 0 Å². The molecule has 0 fully saturated rings. The van der Waals surface area contributed by atoms with E-state index in [1.165, 1.54) is 5.56 Å². The zero-order valence-corrected chi connectivity index (χ0v) is 11.7. The van der Waals surface area contributed by atoms with Crippen molar-refractivity contribution in [3.8, 4) is 0 Å². The number of rotatable bonds is 7. The van der Waals surface area contributed by atoms with Crippen LogP contribution in [-0.2, 0) is 19.4 Å². The third kappa shape index (κ3) is 4.17. The van der Waals surface area contributed by atoms with E-state index in [0.717, 1.165) is 31.6 Å². The number of likely N-dealkylation sites (N-methyl/N-ethyl adjacent to an activating group) is 1. The van der Waals surface area contributed by atoms with Gasteiger partial charge in [-0.15, -0.1) is 0 Å². The number of hydrogen-bond acceptors (Lipinski definition) is 3. The van der Waals surface area contributed by atoms with E-state index in [0.29, 0.717) is 6.04 Å². The zero-order chi connectivity index (χ0) is 13.5. The predicted molar refractivity (Wildman–Crippen MR) is 77.0 cm³/mol. The van der Waals surface area contributed by atoms with Gasteiger partial charge in [-0.1, -0.05) is 13.0 Å². The first kappa shape index (κ1) is 13.7. The summed E-state index contributed by atoms with van der Waals surface area (Å²) in [5, 5.41) is 7.86. The molecule has 19 heavy (non-hydrogen) atoms. The minimum absolute atomic E-state index is 0.411. The van der Waals surface area contributed by atoms with Crippen LogP contribution in [0.1, 0.15) is 25.1 Å². The van der Waals surface area contributed by atoms with E-state index in [9.17, 15) is 0 Å². The van der Waals surface area contributed by atoms with Crippen LogP contribution in [0.5, 0.6) is 0 Å². The molecular formula is C15H22N4. The van der Waals surface area contributed by atoms with Gasteiger partial charge < -0.3 is 5.32 Å². The maximum absolute atomic E-state index is 4.40. The van der Waals surface area contributed by atoms with Gasteiger partial charge in [0, 0.05) is 37.1 Å². The first-order chi connectivity index (χ1) is 9.31. The van der Waals surface area contributed by atoms with Crippen LogP contribution < -0.4 is 5.32 Å². The van der Waals surface area contributed by atoms with Crippen molar-refractivity contribution in [3.63, 3.8) is 0 Å². The lowest BCUT2D eigenvalue weighted by Crippen LogP contribution is -2.33. The highest BCUT2D eigenvalue weighted by Gasteiger charge is 2.11. The van der Waals surface area contributed by atoms with Gasteiger partial charge >= 0.3 is 0 Å². The van der Waals surface area contributed by atoms with Crippen molar-refractivity contribution in [2.75, 3.05) is 6.54 Å². The molecular weight excluding hydrogens is 236 g/mol. The molecule has 4 heteroatoms. The Bertz CT molecular complexity index is 478. The van der Waals surface area contributed by atoms with E-state index in [4.69, 9.17) is 0 Å². The molecule has 0 aliphatic heterocycles. The lowest BCUT2D eigenvalue weighted by atomic mass is 10.0. The fourth-order valence-corrected chi connectivity index (χ4v) is 2.25. The summed E-state index contributed by atoms with van der Waals surface area (Å²) < 4.78 is 1.97. The van der Waals surface area contributed by atoms with Crippen LogP contribution in [0, 0.1) is 0 Å². The summed E-state index contributed by atoms with van der Waals surface area (Å²) >= 11 is 0. The van der Waals surface area contributed by atoms with E-state index in [-0.39, 0.29) is 0 Å². The van der Waals surface area contributed by atoms with Crippen LogP contribution in [0.15, 0.2) is 36.8 Å². The Morgan fingerprint density at radius 2 is 2.16 bits per heavy atom. The van der Waals surface area contributed by atoms with Gasteiger partial charge in [-0.25, -0.2) is 0 Å². The Labute approximate surface area is 114 Å². The van der Waals surface area contributed by atoms with Gasteiger partial charge in [-0.2, -0.15) is 5.10 Å². The smallest absolute Gasteiger partial charge is 0.0522 e. The first-order valence-corrected chi connectivity index (χ1v) is 6.96. The second kappa shape index (κ2) is 7.04. The Hall–Kier alpha value is -1.68. The van der Waals surface area contributed by atoms with E-state index in [1.807, 2.05) is 29.2 Å². The van der Waals surface area contributed by atoms with Crippen molar-refractivity contribution < 1.29 is 0 Å². The molecule has 2 aromatic rings. The lowest BCUT2D eigenvalue weighted by molar-refractivity contribution is 0.516. The van der Waals surface area contributed by atoms with Crippen molar-refractivity contribution in [3.05, 3.63) is 48.0 Å². The number of aryl methyl sites for hydroxylation is 1. The molecule has 0 aliphatic rings. The van der Waals surface area contributed by atoms with Gasteiger partial charge in [0.15, 0.2) is 0 Å². The molecule has 102 valence electrons. The molecule has 0 aliphatic carbocycles. The molecule has 0 saturated heterocycles. The normalized spacial score (nSPS) is 12.5. The molecule has 1 unspecified atom stereocenters. The fourth-order valence-electron chi connectivity index (χ4n) is 2.25. The monoisotopic (exact) mass is 258 g/mol. The third-order valence-corrected chi connectivity index (χ3v) is 3.17. The second-order valence-electron chi connectivity index (χ2n) is 4.69. The fraction of sp³-hybridized carbons (Fsp3) is 0.467.